The van der Waals surface area contributed by atoms with Crippen LogP contribution < -0.4 is 0 Å². The fraction of sp³-hybridized carbons (Fsp3) is 0.182. The van der Waals surface area contributed by atoms with Crippen LogP contribution in [0.15, 0.2) is 34.6 Å². The molecule has 0 aliphatic carbocycles. The summed E-state index contributed by atoms with van der Waals surface area (Å²) in [7, 11) is 1.83. The predicted octanol–water partition coefficient (Wildman–Crippen LogP) is 2.15. The number of nitrogens with zero attached hydrogens (tertiary/aromatic N) is 4. The fourth-order valence-corrected chi connectivity index (χ4v) is 2.12. The SMILES string of the molecule is Cc1ccc(Sc2ncnn2C)c(C#N)c1. The van der Waals surface area contributed by atoms with Gasteiger partial charge in [-0.3, -0.25) is 0 Å². The standard InChI is InChI=1S/C11H10N4S/c1-8-3-4-10(9(5-8)6-12)16-11-13-7-14-15(11)2/h3-5,7H,1-2H3. The van der Waals surface area contributed by atoms with Gasteiger partial charge < -0.3 is 0 Å². The molecule has 0 N–H and O–H groups in total. The zero-order chi connectivity index (χ0) is 11.5. The number of hydrogen-bond donors (Lipinski definition) is 0. The van der Waals surface area contributed by atoms with Crippen LogP contribution in [0.2, 0.25) is 0 Å². The summed E-state index contributed by atoms with van der Waals surface area (Å²) in [6.07, 6.45) is 1.50. The summed E-state index contributed by atoms with van der Waals surface area (Å²) < 4.78 is 1.69. The summed E-state index contributed by atoms with van der Waals surface area (Å²) in [5, 5.41) is 13.8. The lowest BCUT2D eigenvalue weighted by atomic mass is 10.2. The minimum Gasteiger partial charge on any atom is -0.244 e. The number of hydrogen-bond acceptors (Lipinski definition) is 4. The maximum Gasteiger partial charge on any atom is 0.190 e. The second-order valence-electron chi connectivity index (χ2n) is 3.38. The van der Waals surface area contributed by atoms with Crippen LogP contribution in [0.1, 0.15) is 11.1 Å². The first-order valence-corrected chi connectivity index (χ1v) is 5.55. The van der Waals surface area contributed by atoms with Gasteiger partial charge in [0.05, 0.1) is 5.56 Å². The smallest absolute Gasteiger partial charge is 0.190 e. The summed E-state index contributed by atoms with van der Waals surface area (Å²) in [5.41, 5.74) is 1.76. The first-order valence-electron chi connectivity index (χ1n) is 4.73. The van der Waals surface area contributed by atoms with Crippen LogP contribution in [0.4, 0.5) is 0 Å². The Morgan fingerprint density at radius 2 is 2.25 bits per heavy atom. The third kappa shape index (κ3) is 2.07. The highest BCUT2D eigenvalue weighted by atomic mass is 32.2. The van der Waals surface area contributed by atoms with Gasteiger partial charge in [0.2, 0.25) is 0 Å². The summed E-state index contributed by atoms with van der Waals surface area (Å²) in [5.74, 6) is 0. The summed E-state index contributed by atoms with van der Waals surface area (Å²) in [6, 6.07) is 7.99. The van der Waals surface area contributed by atoms with E-state index in [2.05, 4.69) is 16.2 Å². The second kappa shape index (κ2) is 4.37. The zero-order valence-electron chi connectivity index (χ0n) is 9.01. The van der Waals surface area contributed by atoms with Gasteiger partial charge in [0, 0.05) is 11.9 Å². The van der Waals surface area contributed by atoms with E-state index in [1.54, 1.807) is 4.68 Å². The highest BCUT2D eigenvalue weighted by Crippen LogP contribution is 2.28. The molecule has 1 aromatic carbocycles. The van der Waals surface area contributed by atoms with Gasteiger partial charge in [0.1, 0.15) is 12.4 Å². The molecule has 5 heteroatoms. The molecule has 0 fully saturated rings. The minimum absolute atomic E-state index is 0.674. The van der Waals surface area contributed by atoms with Gasteiger partial charge in [-0.15, -0.1) is 0 Å². The molecule has 0 bridgehead atoms. The molecular weight excluding hydrogens is 220 g/mol. The van der Waals surface area contributed by atoms with Gasteiger partial charge in [-0.05, 0) is 36.4 Å². The van der Waals surface area contributed by atoms with Crippen molar-refractivity contribution in [2.75, 3.05) is 0 Å². The van der Waals surface area contributed by atoms with E-state index < -0.39 is 0 Å². The second-order valence-corrected chi connectivity index (χ2v) is 4.39. The minimum atomic E-state index is 0.674. The molecule has 0 radical (unpaired) electrons. The van der Waals surface area contributed by atoms with Gasteiger partial charge in [0.25, 0.3) is 0 Å². The largest absolute Gasteiger partial charge is 0.244 e. The van der Waals surface area contributed by atoms with Gasteiger partial charge in [-0.1, -0.05) is 6.07 Å². The Balaban J connectivity index is 2.36. The van der Waals surface area contributed by atoms with Gasteiger partial charge in [-0.2, -0.15) is 10.4 Å². The van der Waals surface area contributed by atoms with E-state index in [1.807, 2.05) is 32.2 Å². The van der Waals surface area contributed by atoms with E-state index in [0.29, 0.717) is 5.56 Å². The summed E-state index contributed by atoms with van der Waals surface area (Å²) in [4.78, 5) is 5.02. The third-order valence-electron chi connectivity index (χ3n) is 2.13. The molecule has 0 spiro atoms. The topological polar surface area (TPSA) is 54.5 Å². The van der Waals surface area contributed by atoms with Crippen molar-refractivity contribution in [1.29, 1.82) is 5.26 Å². The molecule has 0 atom stereocenters. The van der Waals surface area contributed by atoms with Crippen LogP contribution in [0.25, 0.3) is 0 Å². The van der Waals surface area contributed by atoms with E-state index in [0.717, 1.165) is 15.6 Å². The van der Waals surface area contributed by atoms with Crippen molar-refractivity contribution < 1.29 is 0 Å². The van der Waals surface area contributed by atoms with Gasteiger partial charge in [0.15, 0.2) is 5.16 Å². The molecule has 0 saturated carbocycles. The van der Waals surface area contributed by atoms with Crippen LogP contribution >= 0.6 is 11.8 Å². The number of aryl methyl sites for hydroxylation is 2. The first-order chi connectivity index (χ1) is 7.70. The van der Waals surface area contributed by atoms with Crippen molar-refractivity contribution in [2.24, 2.45) is 7.05 Å². The Hall–Kier alpha value is -1.80. The maximum absolute atomic E-state index is 9.03. The Morgan fingerprint density at radius 3 is 2.88 bits per heavy atom. The van der Waals surface area contributed by atoms with Crippen LogP contribution in [-0.4, -0.2) is 14.8 Å². The van der Waals surface area contributed by atoms with Crippen molar-refractivity contribution in [3.8, 4) is 6.07 Å². The predicted molar refractivity (Wildman–Crippen MR) is 61.0 cm³/mol. The zero-order valence-corrected chi connectivity index (χ0v) is 9.82. The quantitative estimate of drug-likeness (QED) is 0.793. The molecular formula is C11H10N4S. The number of aromatic nitrogens is 3. The highest BCUT2D eigenvalue weighted by molar-refractivity contribution is 7.99. The molecule has 2 aromatic rings. The molecule has 0 unspecified atom stereocenters. The number of rotatable bonds is 2. The van der Waals surface area contributed by atoms with Crippen LogP contribution in [0, 0.1) is 18.3 Å². The Kier molecular flexibility index (Phi) is 2.93. The molecule has 1 aromatic heterocycles. The van der Waals surface area contributed by atoms with E-state index in [9.17, 15) is 0 Å². The van der Waals surface area contributed by atoms with E-state index >= 15 is 0 Å². The lowest BCUT2D eigenvalue weighted by molar-refractivity contribution is 0.685. The van der Waals surface area contributed by atoms with Crippen LogP contribution in [0.5, 0.6) is 0 Å². The highest BCUT2D eigenvalue weighted by Gasteiger charge is 2.07. The Morgan fingerprint density at radius 1 is 1.44 bits per heavy atom. The lowest BCUT2D eigenvalue weighted by Crippen LogP contribution is -1.93. The number of nitriles is 1. The first kappa shape index (κ1) is 10.7. The van der Waals surface area contributed by atoms with Crippen molar-refractivity contribution in [1.82, 2.24) is 14.8 Å². The molecule has 0 aliphatic rings. The van der Waals surface area contributed by atoms with Crippen molar-refractivity contribution >= 4 is 11.8 Å². The summed E-state index contributed by atoms with van der Waals surface area (Å²) in [6.45, 7) is 1.97. The molecule has 80 valence electrons. The molecule has 0 amide bonds. The van der Waals surface area contributed by atoms with E-state index in [4.69, 9.17) is 5.26 Å². The van der Waals surface area contributed by atoms with Crippen molar-refractivity contribution in [2.45, 2.75) is 17.0 Å². The van der Waals surface area contributed by atoms with Gasteiger partial charge >= 0.3 is 0 Å². The van der Waals surface area contributed by atoms with Crippen LogP contribution in [-0.2, 0) is 7.05 Å². The van der Waals surface area contributed by atoms with Crippen molar-refractivity contribution in [3.63, 3.8) is 0 Å². The molecule has 0 aliphatic heterocycles. The van der Waals surface area contributed by atoms with Crippen molar-refractivity contribution in [3.05, 3.63) is 35.7 Å². The van der Waals surface area contributed by atoms with Gasteiger partial charge in [-0.25, -0.2) is 9.67 Å². The molecule has 4 nitrogen and oxygen atoms in total. The van der Waals surface area contributed by atoms with E-state index in [-0.39, 0.29) is 0 Å². The number of benzene rings is 1. The molecule has 0 saturated heterocycles. The maximum atomic E-state index is 9.03. The summed E-state index contributed by atoms with van der Waals surface area (Å²) >= 11 is 1.45. The molecule has 16 heavy (non-hydrogen) atoms. The Bertz CT molecular complexity index is 553. The third-order valence-corrected chi connectivity index (χ3v) is 3.25. The average molecular weight is 230 g/mol. The molecule has 1 heterocycles. The van der Waals surface area contributed by atoms with E-state index in [1.165, 1.54) is 18.1 Å². The average Bonchev–Trinajstić information content (AvgIpc) is 2.67. The fourth-order valence-electron chi connectivity index (χ4n) is 1.30. The normalized spacial score (nSPS) is 10.1. The molecule has 2 rings (SSSR count). The lowest BCUT2D eigenvalue weighted by Gasteiger charge is -2.03. The Labute approximate surface area is 97.9 Å². The monoisotopic (exact) mass is 230 g/mol. The van der Waals surface area contributed by atoms with Crippen LogP contribution in [0.3, 0.4) is 0 Å².